The van der Waals surface area contributed by atoms with Crippen molar-refractivity contribution in [2.75, 3.05) is 33.0 Å². The van der Waals surface area contributed by atoms with Gasteiger partial charge in [0.25, 0.3) is 0 Å². The van der Waals surface area contributed by atoms with Crippen molar-refractivity contribution in [3.8, 4) is 0 Å². The summed E-state index contributed by atoms with van der Waals surface area (Å²) in [6, 6.07) is -2.81. The van der Waals surface area contributed by atoms with Gasteiger partial charge in [0.2, 0.25) is 11.8 Å². The lowest BCUT2D eigenvalue weighted by atomic mass is 9.91. The summed E-state index contributed by atoms with van der Waals surface area (Å²) < 4.78 is 55.6. The van der Waals surface area contributed by atoms with Gasteiger partial charge in [-0.25, -0.2) is 9.36 Å². The summed E-state index contributed by atoms with van der Waals surface area (Å²) in [7, 11) is -5.29. The molecule has 0 aromatic heterocycles. The van der Waals surface area contributed by atoms with Crippen molar-refractivity contribution in [3.63, 3.8) is 0 Å². The molecule has 2 rings (SSSR count). The average Bonchev–Trinajstić information content (AvgIpc) is 1.06. The van der Waals surface area contributed by atoms with E-state index in [1.807, 2.05) is 0 Å². The molecule has 2 aliphatic heterocycles. The molecule has 0 bridgehead atoms. The van der Waals surface area contributed by atoms with E-state index in [9.17, 15) is 54.3 Å². The predicted molar refractivity (Wildman–Crippen MR) is 353 cm³/mol. The summed E-state index contributed by atoms with van der Waals surface area (Å²) in [6.07, 6.45) is 29.7. The summed E-state index contributed by atoms with van der Waals surface area (Å²) in [6.45, 7) is 9.04. The van der Waals surface area contributed by atoms with Gasteiger partial charge >= 0.3 is 13.8 Å². The molecule has 21 heteroatoms. The molecule has 0 saturated carbocycles. The Morgan fingerprint density at radius 2 is 0.922 bits per heavy atom. The number of phosphoric ester groups is 1. The zero-order valence-electron chi connectivity index (χ0n) is 57.0. The van der Waals surface area contributed by atoms with E-state index in [1.54, 1.807) is 0 Å². The molecule has 2 amide bonds. The van der Waals surface area contributed by atoms with Crippen molar-refractivity contribution < 1.29 is 87.2 Å². The van der Waals surface area contributed by atoms with Crippen LogP contribution in [-0.4, -0.2) is 166 Å². The Labute approximate surface area is 544 Å². The van der Waals surface area contributed by atoms with E-state index in [0.29, 0.717) is 32.3 Å². The van der Waals surface area contributed by atoms with Crippen LogP contribution in [0.2, 0.25) is 0 Å². The second-order valence-electron chi connectivity index (χ2n) is 26.1. The molecule has 0 aliphatic carbocycles. The third-order valence-corrected chi connectivity index (χ3v) is 18.4. The van der Waals surface area contributed by atoms with Crippen LogP contribution in [0.1, 0.15) is 311 Å². The zero-order valence-corrected chi connectivity index (χ0v) is 57.9. The number of carbonyl (C=O) groups excluding carboxylic acids is 2. The number of aliphatic hydroxyl groups is 4. The van der Waals surface area contributed by atoms with Gasteiger partial charge in [-0.1, -0.05) is 259 Å². The van der Waals surface area contributed by atoms with Crippen LogP contribution in [0, 0.1) is 0 Å². The third-order valence-electron chi connectivity index (χ3n) is 17.9. The van der Waals surface area contributed by atoms with Crippen molar-refractivity contribution >= 4 is 25.6 Å². The van der Waals surface area contributed by atoms with Crippen LogP contribution in [0.3, 0.4) is 0 Å². The number of carbonyl (C=O) groups is 3. The normalized spacial score (nSPS) is 23.2. The lowest BCUT2D eigenvalue weighted by Gasteiger charge is -2.47. The summed E-state index contributed by atoms with van der Waals surface area (Å²) in [5, 5.41) is 60.9. The Bertz CT molecular complexity index is 1790. The van der Waals surface area contributed by atoms with E-state index >= 15 is 0 Å². The van der Waals surface area contributed by atoms with Crippen LogP contribution in [0.15, 0.2) is 0 Å². The number of ether oxygens (including phenoxy) is 6. The molecule has 2 saturated heterocycles. The van der Waals surface area contributed by atoms with Crippen LogP contribution in [0.4, 0.5) is 0 Å². The van der Waals surface area contributed by atoms with Crippen molar-refractivity contribution in [1.82, 2.24) is 10.6 Å². The highest BCUT2D eigenvalue weighted by Crippen LogP contribution is 2.42. The highest BCUT2D eigenvalue weighted by atomic mass is 31.2. The minimum Gasteiger partial charge on any atom is -0.479 e. The summed E-state index contributed by atoms with van der Waals surface area (Å²) >= 11 is 0. The van der Waals surface area contributed by atoms with Crippen LogP contribution in [-0.2, 0) is 51.9 Å². The molecule has 13 atom stereocenters. The maximum absolute atomic E-state index is 13.7. The predicted octanol–water partition coefficient (Wildman–Crippen LogP) is 13.1. The van der Waals surface area contributed by atoms with Crippen molar-refractivity contribution in [3.05, 3.63) is 0 Å². The quantitative estimate of drug-likeness (QED) is 0.0202. The number of aliphatic carboxylic acids is 1. The molecule has 0 spiro atoms. The maximum Gasteiger partial charge on any atom is 0.470 e. The van der Waals surface area contributed by atoms with Gasteiger partial charge in [-0.15, -0.1) is 0 Å². The van der Waals surface area contributed by atoms with Crippen molar-refractivity contribution in [2.45, 2.75) is 390 Å². The monoisotopic (exact) mass is 1310 g/mol. The molecule has 0 unspecified atom stereocenters. The molecular formula is C69H133N2O18P. The SMILES string of the molecule is CCCCCCCCCCCCO[C@H](CCCCCCCCCCC)CCO[C@@H]1[C@@H](NC(C)=O)[C@H](OC[C@H]2O[C@H](C(=O)O)[C@H](NC(=O)C[C@H](O)CCCCCCCCCCC)[C@@H](OCC[C@H](O)CCCCCCCCCCC)[C@@H]2O)O[C@H](CO)[C@H]1OP(=O)(O)O. The summed E-state index contributed by atoms with van der Waals surface area (Å²) in [4.78, 5) is 60.2. The first-order valence-electron chi connectivity index (χ1n) is 36.4. The van der Waals surface area contributed by atoms with Crippen LogP contribution in [0.5, 0.6) is 0 Å². The zero-order chi connectivity index (χ0) is 66.0. The van der Waals surface area contributed by atoms with Crippen LogP contribution < -0.4 is 10.6 Å². The van der Waals surface area contributed by atoms with Gasteiger partial charge < -0.3 is 74.4 Å². The van der Waals surface area contributed by atoms with E-state index in [2.05, 4.69) is 38.3 Å². The van der Waals surface area contributed by atoms with Crippen molar-refractivity contribution in [2.24, 2.45) is 0 Å². The van der Waals surface area contributed by atoms with Crippen molar-refractivity contribution in [1.29, 1.82) is 0 Å². The Morgan fingerprint density at radius 3 is 1.38 bits per heavy atom. The first-order chi connectivity index (χ1) is 43.5. The van der Waals surface area contributed by atoms with Gasteiger partial charge in [0.05, 0.1) is 44.0 Å². The molecule has 0 aromatic carbocycles. The van der Waals surface area contributed by atoms with Crippen LogP contribution >= 0.6 is 7.82 Å². The number of carboxylic acid groups (broad SMARTS) is 1. The average molecular weight is 1310 g/mol. The number of aliphatic hydroxyl groups excluding tert-OH is 4. The first kappa shape index (κ1) is 84.2. The lowest BCUT2D eigenvalue weighted by Crippen LogP contribution is -2.68. The Morgan fingerprint density at radius 1 is 0.489 bits per heavy atom. The Kier molecular flexibility index (Phi) is 50.8. The second-order valence-corrected chi connectivity index (χ2v) is 27.3. The third kappa shape index (κ3) is 40.5. The van der Waals surface area contributed by atoms with E-state index in [4.69, 9.17) is 32.9 Å². The largest absolute Gasteiger partial charge is 0.479 e. The molecule has 2 fully saturated rings. The number of phosphoric acid groups is 1. The highest BCUT2D eigenvalue weighted by molar-refractivity contribution is 7.46. The molecule has 2 aliphatic rings. The van der Waals surface area contributed by atoms with E-state index in [1.165, 1.54) is 155 Å². The number of hydrogen-bond donors (Lipinski definition) is 9. The minimum absolute atomic E-state index is 0.00614. The first-order valence-corrected chi connectivity index (χ1v) is 38.0. The Balaban J connectivity index is 2.33. The molecule has 2 heterocycles. The van der Waals surface area contributed by atoms with Gasteiger partial charge in [-0.05, 0) is 38.5 Å². The van der Waals surface area contributed by atoms with Gasteiger partial charge in [0, 0.05) is 26.7 Å². The van der Waals surface area contributed by atoms with Gasteiger partial charge in [-0.2, -0.15) is 0 Å². The maximum atomic E-state index is 13.7. The van der Waals surface area contributed by atoms with E-state index in [0.717, 1.165) is 89.9 Å². The number of rotatable bonds is 61. The minimum atomic E-state index is -5.29. The smallest absolute Gasteiger partial charge is 0.470 e. The van der Waals surface area contributed by atoms with Gasteiger partial charge in [-0.3, -0.25) is 14.1 Å². The lowest BCUT2D eigenvalue weighted by molar-refractivity contribution is -0.289. The fraction of sp³-hybridized carbons (Fsp3) is 0.957. The molecule has 532 valence electrons. The number of hydrogen-bond acceptors (Lipinski definition) is 15. The number of carboxylic acids is 1. The molecule has 9 N–H and O–H groups in total. The summed E-state index contributed by atoms with van der Waals surface area (Å²) in [5.41, 5.74) is 0. The number of nitrogens with one attached hydrogen (secondary N) is 2. The number of amides is 2. The van der Waals surface area contributed by atoms with Gasteiger partial charge in [0.1, 0.15) is 42.7 Å². The Hall–Kier alpha value is -1.88. The number of unbranched alkanes of at least 4 members (excludes halogenated alkanes) is 33. The molecular weight excluding hydrogens is 1180 g/mol. The standard InChI is InChI=1S/C69H133N2O18P/c1-6-10-14-18-22-26-30-34-38-42-48-83-57(45-41-37-33-29-25-21-17-13-9-4)47-50-85-66-62(70-54(5)73)69(88-58(52-72)64(66)89-90(80,81)82)86-53-59-63(77)65(84-49-46-55(74)43-39-35-31-27-23-19-15-11-7-2)61(67(87-59)68(78)79)71-60(76)51-56(75)44-40-36-32-28-24-20-16-12-8-3/h55-59,61-67,69,72,74-75,77H,6-53H2,1-5H3,(H,70,73)(H,71,76)(H,78,79)(H2,80,81,82)/t55-,56-,57-,58-,59-,61-,62-,63-,64-,65-,66-,67+,69-/m1/s1. The van der Waals surface area contributed by atoms with Crippen LogP contribution in [0.25, 0.3) is 0 Å². The summed E-state index contributed by atoms with van der Waals surface area (Å²) in [5.74, 6) is -2.76. The van der Waals surface area contributed by atoms with Gasteiger partial charge in [0.15, 0.2) is 12.4 Å². The molecule has 0 radical (unpaired) electrons. The molecule has 0 aromatic rings. The highest BCUT2D eigenvalue weighted by Gasteiger charge is 2.53. The molecule has 90 heavy (non-hydrogen) atoms. The fourth-order valence-electron chi connectivity index (χ4n) is 12.5. The second kappa shape index (κ2) is 54.3. The van der Waals surface area contributed by atoms with E-state index < -0.39 is 112 Å². The fourth-order valence-corrected chi connectivity index (χ4v) is 13.1. The topological polar surface area (TPSA) is 299 Å². The molecule has 20 nitrogen and oxygen atoms in total. The van der Waals surface area contributed by atoms with E-state index in [-0.39, 0.29) is 32.2 Å².